The lowest BCUT2D eigenvalue weighted by Crippen LogP contribution is -2.16. The average molecular weight is 325 g/mol. The van der Waals surface area contributed by atoms with Gasteiger partial charge in [0.05, 0.1) is 0 Å². The summed E-state index contributed by atoms with van der Waals surface area (Å²) in [4.78, 5) is 0. The van der Waals surface area contributed by atoms with Crippen LogP contribution in [0.2, 0.25) is 0 Å². The van der Waals surface area contributed by atoms with Gasteiger partial charge in [-0.2, -0.15) is 0 Å². The summed E-state index contributed by atoms with van der Waals surface area (Å²) >= 11 is 0. The number of hydrogen-bond acceptors (Lipinski definition) is 2. The van der Waals surface area contributed by atoms with Crippen LogP contribution in [0.3, 0.4) is 0 Å². The summed E-state index contributed by atoms with van der Waals surface area (Å²) in [7, 11) is 0. The summed E-state index contributed by atoms with van der Waals surface area (Å²) in [5.74, 6) is 0. The van der Waals surface area contributed by atoms with Crippen LogP contribution in [-0.4, -0.2) is 5.11 Å². The zero-order valence-electron chi connectivity index (χ0n) is 16.2. The molecule has 1 atom stereocenters. The van der Waals surface area contributed by atoms with Gasteiger partial charge in [-0.1, -0.05) is 26.0 Å². The van der Waals surface area contributed by atoms with Gasteiger partial charge in [-0.15, -0.1) is 0 Å². The molecule has 0 aliphatic heterocycles. The lowest BCUT2D eigenvalue weighted by molar-refractivity contribution is 0.206. The number of nitrogens with one attached hydrogen (secondary N) is 1. The van der Waals surface area contributed by atoms with E-state index in [1.54, 1.807) is 0 Å². The molecule has 0 aromatic heterocycles. The molecule has 2 aromatic carbocycles. The molecule has 0 spiro atoms. The Morgan fingerprint density at radius 2 is 1.42 bits per heavy atom. The minimum atomic E-state index is -0.690. The van der Waals surface area contributed by atoms with E-state index in [2.05, 4.69) is 72.0 Å². The number of hydrogen-bond donors (Lipinski definition) is 2. The van der Waals surface area contributed by atoms with Gasteiger partial charge in [0, 0.05) is 11.3 Å². The van der Waals surface area contributed by atoms with Gasteiger partial charge in [0.2, 0.25) is 0 Å². The van der Waals surface area contributed by atoms with Crippen LogP contribution in [0, 0.1) is 34.6 Å². The second-order valence-corrected chi connectivity index (χ2v) is 6.89. The molecule has 0 bridgehead atoms. The molecular formula is C22H31NO. The standard InChI is InChI=1S/C22H31NO/c1-8-18-15(5)10-13(3)11-20(18)23-22(24)21-17(7)14(4)12-16(6)19(21)9-2/h10-12,22-24H,8-9H2,1-7H3. The van der Waals surface area contributed by atoms with Crippen molar-refractivity contribution in [3.8, 4) is 0 Å². The van der Waals surface area contributed by atoms with Crippen LogP contribution in [0.4, 0.5) is 5.69 Å². The van der Waals surface area contributed by atoms with Crippen LogP contribution in [-0.2, 0) is 12.8 Å². The smallest absolute Gasteiger partial charge is 0.151 e. The summed E-state index contributed by atoms with van der Waals surface area (Å²) in [6, 6.07) is 6.56. The maximum Gasteiger partial charge on any atom is 0.151 e. The lowest BCUT2D eigenvalue weighted by atomic mass is 9.90. The zero-order chi connectivity index (χ0) is 18.0. The Bertz CT molecular complexity index is 746. The Labute approximate surface area is 146 Å². The van der Waals surface area contributed by atoms with E-state index >= 15 is 0 Å². The van der Waals surface area contributed by atoms with Gasteiger partial charge in [0.1, 0.15) is 0 Å². The van der Waals surface area contributed by atoms with Gasteiger partial charge < -0.3 is 10.4 Å². The van der Waals surface area contributed by atoms with E-state index in [9.17, 15) is 5.11 Å². The van der Waals surface area contributed by atoms with Crippen LogP contribution in [0.15, 0.2) is 18.2 Å². The van der Waals surface area contributed by atoms with E-state index in [-0.39, 0.29) is 0 Å². The van der Waals surface area contributed by atoms with Crippen molar-refractivity contribution in [2.45, 2.75) is 67.5 Å². The quantitative estimate of drug-likeness (QED) is 0.716. The third kappa shape index (κ3) is 3.49. The van der Waals surface area contributed by atoms with E-state index < -0.39 is 6.23 Å². The molecule has 2 rings (SSSR count). The van der Waals surface area contributed by atoms with Gasteiger partial charge in [0.15, 0.2) is 6.23 Å². The second-order valence-electron chi connectivity index (χ2n) is 6.89. The Kier molecular flexibility index (Phi) is 5.71. The fourth-order valence-electron chi connectivity index (χ4n) is 3.83. The highest BCUT2D eigenvalue weighted by Gasteiger charge is 2.19. The SMILES string of the molecule is CCc1c(C)cc(C)cc1NC(O)c1c(C)c(C)cc(C)c1CC. The first-order chi connectivity index (χ1) is 11.3. The predicted molar refractivity (Wildman–Crippen MR) is 104 cm³/mol. The minimum Gasteiger partial charge on any atom is -0.369 e. The number of benzene rings is 2. The molecule has 2 N–H and O–H groups in total. The molecule has 0 radical (unpaired) electrons. The summed E-state index contributed by atoms with van der Waals surface area (Å²) in [6.07, 6.45) is 1.19. The summed E-state index contributed by atoms with van der Waals surface area (Å²) in [5.41, 5.74) is 10.8. The van der Waals surface area contributed by atoms with Crippen LogP contribution in [0.5, 0.6) is 0 Å². The van der Waals surface area contributed by atoms with Gasteiger partial charge in [0.25, 0.3) is 0 Å². The zero-order valence-corrected chi connectivity index (χ0v) is 16.2. The summed E-state index contributed by atoms with van der Waals surface area (Å²) < 4.78 is 0. The third-order valence-electron chi connectivity index (χ3n) is 5.12. The number of aryl methyl sites for hydroxylation is 4. The van der Waals surface area contributed by atoms with E-state index in [1.165, 1.54) is 38.9 Å². The highest BCUT2D eigenvalue weighted by Crippen LogP contribution is 2.31. The molecule has 0 heterocycles. The molecule has 0 fully saturated rings. The average Bonchev–Trinajstić information content (AvgIpc) is 2.50. The van der Waals surface area contributed by atoms with Crippen molar-refractivity contribution in [1.29, 1.82) is 0 Å². The third-order valence-corrected chi connectivity index (χ3v) is 5.12. The molecule has 0 aliphatic carbocycles. The normalized spacial score (nSPS) is 12.3. The van der Waals surface area contributed by atoms with Gasteiger partial charge in [-0.3, -0.25) is 0 Å². The fourth-order valence-corrected chi connectivity index (χ4v) is 3.83. The number of aliphatic hydroxyl groups excluding tert-OH is 1. The molecule has 130 valence electrons. The van der Waals surface area contributed by atoms with E-state index in [0.717, 1.165) is 24.1 Å². The van der Waals surface area contributed by atoms with E-state index in [0.29, 0.717) is 0 Å². The van der Waals surface area contributed by atoms with Crippen molar-refractivity contribution >= 4 is 5.69 Å². The number of aliphatic hydroxyl groups is 1. The van der Waals surface area contributed by atoms with Crippen LogP contribution in [0.25, 0.3) is 0 Å². The predicted octanol–water partition coefficient (Wildman–Crippen LogP) is 5.46. The van der Waals surface area contributed by atoms with Gasteiger partial charge in [-0.05, 0) is 92.5 Å². The Morgan fingerprint density at radius 3 is 2.00 bits per heavy atom. The van der Waals surface area contributed by atoms with Crippen molar-refractivity contribution in [3.05, 3.63) is 62.7 Å². The molecule has 0 aliphatic rings. The molecule has 0 saturated heterocycles. The first-order valence-electron chi connectivity index (χ1n) is 8.94. The highest BCUT2D eigenvalue weighted by atomic mass is 16.3. The first-order valence-corrected chi connectivity index (χ1v) is 8.94. The van der Waals surface area contributed by atoms with Gasteiger partial charge in [-0.25, -0.2) is 0 Å². The Balaban J connectivity index is 2.50. The summed E-state index contributed by atoms with van der Waals surface area (Å²) in [5, 5.41) is 14.4. The molecule has 2 nitrogen and oxygen atoms in total. The van der Waals surface area contributed by atoms with Crippen LogP contribution < -0.4 is 5.32 Å². The molecule has 2 heteroatoms. The monoisotopic (exact) mass is 325 g/mol. The van der Waals surface area contributed by atoms with E-state index in [1.807, 2.05) is 0 Å². The first kappa shape index (κ1) is 18.5. The van der Waals surface area contributed by atoms with Gasteiger partial charge >= 0.3 is 0 Å². The fraction of sp³-hybridized carbons (Fsp3) is 0.455. The lowest BCUT2D eigenvalue weighted by Gasteiger charge is -2.24. The van der Waals surface area contributed by atoms with Crippen molar-refractivity contribution in [2.24, 2.45) is 0 Å². The van der Waals surface area contributed by atoms with Crippen molar-refractivity contribution < 1.29 is 5.11 Å². The molecule has 1 unspecified atom stereocenters. The molecule has 0 saturated carbocycles. The molecule has 24 heavy (non-hydrogen) atoms. The van der Waals surface area contributed by atoms with Crippen molar-refractivity contribution in [2.75, 3.05) is 5.32 Å². The summed E-state index contributed by atoms with van der Waals surface area (Å²) in [6.45, 7) is 14.9. The number of rotatable bonds is 5. The number of anilines is 1. The largest absolute Gasteiger partial charge is 0.369 e. The van der Waals surface area contributed by atoms with Crippen LogP contribution in [0.1, 0.15) is 64.6 Å². The molecular weight excluding hydrogens is 294 g/mol. The Hall–Kier alpha value is -1.80. The van der Waals surface area contributed by atoms with Crippen LogP contribution >= 0.6 is 0 Å². The second kappa shape index (κ2) is 7.40. The molecule has 0 amide bonds. The maximum absolute atomic E-state index is 11.0. The highest BCUT2D eigenvalue weighted by molar-refractivity contribution is 5.58. The maximum atomic E-state index is 11.0. The molecule has 2 aromatic rings. The Morgan fingerprint density at radius 1 is 0.833 bits per heavy atom. The topological polar surface area (TPSA) is 32.3 Å². The van der Waals surface area contributed by atoms with E-state index in [4.69, 9.17) is 0 Å². The van der Waals surface area contributed by atoms with Crippen molar-refractivity contribution in [1.82, 2.24) is 0 Å². The van der Waals surface area contributed by atoms with Crippen molar-refractivity contribution in [3.63, 3.8) is 0 Å². The minimum absolute atomic E-state index is 0.690.